The second kappa shape index (κ2) is 9.78. The Kier molecular flexibility index (Phi) is 6.89. The summed E-state index contributed by atoms with van der Waals surface area (Å²) in [5.41, 5.74) is 3.30. The van der Waals surface area contributed by atoms with E-state index < -0.39 is 6.09 Å². The molecular weight excluding hydrogens is 358 g/mol. The van der Waals surface area contributed by atoms with Gasteiger partial charge in [0.2, 0.25) is 0 Å². The summed E-state index contributed by atoms with van der Waals surface area (Å²) in [6, 6.07) is 15.4. The number of amides is 1. The van der Waals surface area contributed by atoms with E-state index in [1.807, 2.05) is 48.5 Å². The van der Waals surface area contributed by atoms with Crippen molar-refractivity contribution in [2.24, 2.45) is 0 Å². The number of alkyl carbamates (subject to hydrolysis) is 1. The fourth-order valence-electron chi connectivity index (χ4n) is 3.22. The molecule has 148 valence electrons. The Hall–Kier alpha value is -3.02. The van der Waals surface area contributed by atoms with Crippen LogP contribution in [0.3, 0.4) is 0 Å². The zero-order chi connectivity index (χ0) is 19.8. The van der Waals surface area contributed by atoms with E-state index in [0.29, 0.717) is 18.8 Å². The van der Waals surface area contributed by atoms with Crippen molar-refractivity contribution in [1.29, 1.82) is 0 Å². The molecule has 0 unspecified atom stereocenters. The van der Waals surface area contributed by atoms with Crippen LogP contribution in [-0.4, -0.2) is 31.3 Å². The maximum absolute atomic E-state index is 12.1. The summed E-state index contributed by atoms with van der Waals surface area (Å²) < 4.78 is 15.7. The van der Waals surface area contributed by atoms with Crippen LogP contribution in [0.5, 0.6) is 5.75 Å². The van der Waals surface area contributed by atoms with Crippen LogP contribution in [0.2, 0.25) is 0 Å². The van der Waals surface area contributed by atoms with Gasteiger partial charge in [-0.3, -0.25) is 0 Å². The first-order valence-corrected chi connectivity index (χ1v) is 9.51. The average Bonchev–Trinajstić information content (AvgIpc) is 2.71. The third-order valence-electron chi connectivity index (χ3n) is 4.60. The van der Waals surface area contributed by atoms with Crippen molar-refractivity contribution in [1.82, 2.24) is 5.32 Å². The molecule has 0 radical (unpaired) electrons. The van der Waals surface area contributed by atoms with Crippen molar-refractivity contribution in [3.8, 4) is 5.75 Å². The molecule has 1 amide bonds. The Labute approximate surface area is 164 Å². The minimum Gasteiger partial charge on any atom is -0.482 e. The number of rotatable bonds is 7. The molecule has 1 N–H and O–H groups in total. The second-order valence-electron chi connectivity index (χ2n) is 6.67. The molecule has 0 aromatic heterocycles. The lowest BCUT2D eigenvalue weighted by Crippen LogP contribution is -2.39. The summed E-state index contributed by atoms with van der Waals surface area (Å²) >= 11 is 0. The van der Waals surface area contributed by atoms with Gasteiger partial charge < -0.3 is 19.5 Å². The molecule has 6 nitrogen and oxygen atoms in total. The zero-order valence-electron chi connectivity index (χ0n) is 16.0. The molecule has 2 aromatic rings. The first kappa shape index (κ1) is 19.7. The lowest BCUT2D eigenvalue weighted by molar-refractivity contribution is -0.145. The first-order chi connectivity index (χ1) is 13.6. The number of esters is 1. The fraction of sp³-hybridized carbons (Fsp3) is 0.364. The van der Waals surface area contributed by atoms with E-state index in [1.54, 1.807) is 6.92 Å². The molecule has 0 saturated heterocycles. The summed E-state index contributed by atoms with van der Waals surface area (Å²) in [5, 5.41) is 2.94. The molecule has 6 heteroatoms. The molecule has 0 heterocycles. The summed E-state index contributed by atoms with van der Waals surface area (Å²) in [6.45, 7) is 2.23. The molecular formula is C22H25NO5. The molecule has 1 aliphatic carbocycles. The van der Waals surface area contributed by atoms with Crippen molar-refractivity contribution >= 4 is 12.1 Å². The van der Waals surface area contributed by atoms with Crippen molar-refractivity contribution in [2.45, 2.75) is 38.8 Å². The summed E-state index contributed by atoms with van der Waals surface area (Å²) in [5.74, 6) is 0.236. The van der Waals surface area contributed by atoms with E-state index in [-0.39, 0.29) is 25.2 Å². The maximum atomic E-state index is 12.1. The quantitative estimate of drug-likeness (QED) is 0.742. The molecule has 1 atom stereocenters. The van der Waals surface area contributed by atoms with Gasteiger partial charge in [0, 0.05) is 6.04 Å². The van der Waals surface area contributed by atoms with Crippen LogP contribution in [0.25, 0.3) is 0 Å². The number of benzene rings is 2. The smallest absolute Gasteiger partial charge is 0.407 e. The third-order valence-corrected chi connectivity index (χ3v) is 4.60. The molecule has 28 heavy (non-hydrogen) atoms. The van der Waals surface area contributed by atoms with Gasteiger partial charge in [-0.05, 0) is 55.0 Å². The summed E-state index contributed by atoms with van der Waals surface area (Å²) in [4.78, 5) is 23.5. The van der Waals surface area contributed by atoms with E-state index in [9.17, 15) is 9.59 Å². The van der Waals surface area contributed by atoms with Gasteiger partial charge in [-0.2, -0.15) is 0 Å². The molecule has 0 fully saturated rings. The molecule has 2 aromatic carbocycles. The first-order valence-electron chi connectivity index (χ1n) is 9.51. The maximum Gasteiger partial charge on any atom is 0.407 e. The average molecular weight is 383 g/mol. The molecule has 0 saturated carbocycles. The predicted molar refractivity (Wildman–Crippen MR) is 104 cm³/mol. The number of carbonyl (C=O) groups is 2. The Balaban J connectivity index is 1.50. The van der Waals surface area contributed by atoms with E-state index in [0.717, 1.165) is 24.0 Å². The minimum atomic E-state index is -0.410. The number of ether oxygens (including phenoxy) is 3. The van der Waals surface area contributed by atoms with Gasteiger partial charge in [-0.15, -0.1) is 0 Å². The van der Waals surface area contributed by atoms with Crippen molar-refractivity contribution in [3.05, 3.63) is 65.2 Å². The van der Waals surface area contributed by atoms with Crippen LogP contribution < -0.4 is 10.1 Å². The fourth-order valence-corrected chi connectivity index (χ4v) is 3.22. The number of fused-ring (bicyclic) bond motifs is 1. The van der Waals surface area contributed by atoms with Crippen LogP contribution in [0.15, 0.2) is 48.5 Å². The van der Waals surface area contributed by atoms with Crippen LogP contribution in [0.1, 0.15) is 30.0 Å². The van der Waals surface area contributed by atoms with Gasteiger partial charge in [-0.1, -0.05) is 36.4 Å². The van der Waals surface area contributed by atoms with Crippen molar-refractivity contribution in [3.63, 3.8) is 0 Å². The highest BCUT2D eigenvalue weighted by Crippen LogP contribution is 2.26. The van der Waals surface area contributed by atoms with E-state index in [2.05, 4.69) is 5.32 Å². The number of hydrogen-bond donors (Lipinski definition) is 1. The number of hydrogen-bond acceptors (Lipinski definition) is 5. The van der Waals surface area contributed by atoms with Crippen LogP contribution in [-0.2, 0) is 33.7 Å². The predicted octanol–water partition coefficient (Wildman–Crippen LogP) is 3.41. The van der Waals surface area contributed by atoms with Gasteiger partial charge in [-0.25, -0.2) is 9.59 Å². The van der Waals surface area contributed by atoms with Gasteiger partial charge in [0.15, 0.2) is 6.61 Å². The molecule has 0 spiro atoms. The summed E-state index contributed by atoms with van der Waals surface area (Å²) in [6.07, 6.45) is 2.02. The van der Waals surface area contributed by atoms with Crippen LogP contribution in [0.4, 0.5) is 4.79 Å². The largest absolute Gasteiger partial charge is 0.482 e. The topological polar surface area (TPSA) is 73.9 Å². The lowest BCUT2D eigenvalue weighted by Gasteiger charge is -2.25. The Morgan fingerprint density at radius 2 is 1.89 bits per heavy atom. The molecule has 1 aliphatic rings. The third kappa shape index (κ3) is 5.74. The van der Waals surface area contributed by atoms with Gasteiger partial charge in [0.25, 0.3) is 0 Å². The van der Waals surface area contributed by atoms with Crippen molar-refractivity contribution < 1.29 is 23.8 Å². The monoisotopic (exact) mass is 383 g/mol. The molecule has 0 bridgehead atoms. The number of nitrogens with one attached hydrogen (secondary N) is 1. The van der Waals surface area contributed by atoms with E-state index in [4.69, 9.17) is 14.2 Å². The Morgan fingerprint density at radius 3 is 2.68 bits per heavy atom. The Morgan fingerprint density at radius 1 is 1.07 bits per heavy atom. The van der Waals surface area contributed by atoms with Crippen LogP contribution >= 0.6 is 0 Å². The molecule has 0 aliphatic heterocycles. The van der Waals surface area contributed by atoms with Gasteiger partial charge in [0.05, 0.1) is 6.61 Å². The zero-order valence-corrected chi connectivity index (χ0v) is 16.0. The van der Waals surface area contributed by atoms with Crippen LogP contribution in [0, 0.1) is 0 Å². The lowest BCUT2D eigenvalue weighted by atomic mass is 9.88. The second-order valence-corrected chi connectivity index (χ2v) is 6.67. The number of carbonyl (C=O) groups excluding carboxylic acids is 2. The highest BCUT2D eigenvalue weighted by Gasteiger charge is 2.21. The van der Waals surface area contributed by atoms with E-state index in [1.165, 1.54) is 5.56 Å². The number of aryl methyl sites for hydroxylation is 1. The molecule has 3 rings (SSSR count). The highest BCUT2D eigenvalue weighted by molar-refractivity contribution is 5.71. The SMILES string of the molecule is CCOC(=O)COc1ccc2c(c1)C[C@@H](NC(=O)OCc1ccccc1)CC2. The van der Waals surface area contributed by atoms with Crippen molar-refractivity contribution in [2.75, 3.05) is 13.2 Å². The summed E-state index contributed by atoms with van der Waals surface area (Å²) in [7, 11) is 0. The normalized spacial score (nSPS) is 15.2. The standard InChI is InChI=1S/C22H25NO5/c1-2-26-21(24)15-27-20-11-9-17-8-10-19(12-18(17)13-20)23-22(25)28-14-16-6-4-3-5-7-16/h3-7,9,11,13,19H,2,8,10,12,14-15H2,1H3,(H,23,25)/t19-/m0/s1. The van der Waals surface area contributed by atoms with Gasteiger partial charge in [0.1, 0.15) is 12.4 Å². The van der Waals surface area contributed by atoms with E-state index >= 15 is 0 Å². The minimum absolute atomic E-state index is 0.0103. The van der Waals surface area contributed by atoms with Gasteiger partial charge >= 0.3 is 12.1 Å². The highest BCUT2D eigenvalue weighted by atomic mass is 16.6. The Bertz CT molecular complexity index is 806.